The molecule has 18 heavy (non-hydrogen) atoms. The summed E-state index contributed by atoms with van der Waals surface area (Å²) in [6, 6.07) is 3.79. The molecular weight excluding hydrogens is 237 g/mol. The van der Waals surface area contributed by atoms with Crippen molar-refractivity contribution in [3.63, 3.8) is 0 Å². The lowest BCUT2D eigenvalue weighted by Crippen LogP contribution is -2.22. The Hall–Kier alpha value is -2.11. The van der Waals surface area contributed by atoms with Gasteiger partial charge in [-0.2, -0.15) is 4.98 Å². The zero-order valence-electron chi connectivity index (χ0n) is 10.2. The van der Waals surface area contributed by atoms with Gasteiger partial charge in [0.2, 0.25) is 0 Å². The number of halogens is 1. The van der Waals surface area contributed by atoms with Gasteiger partial charge in [-0.05, 0) is 31.1 Å². The van der Waals surface area contributed by atoms with E-state index in [1.165, 1.54) is 12.1 Å². The molecule has 0 fully saturated rings. The van der Waals surface area contributed by atoms with E-state index in [1.807, 2.05) is 18.7 Å². The smallest absolute Gasteiger partial charge is 0.266 e. The predicted octanol–water partition coefficient (Wildman–Crippen LogP) is 2.43. The molecule has 0 bridgehead atoms. The Balaban J connectivity index is 2.34. The standard InChI is InChI=1S/C12H14FN3O2/c1-3-16(4-2)12-14-11(18-15-12)9-6-5-8(17)7-10(9)13/h5-7,17H,3-4H2,1-2H3. The molecule has 96 valence electrons. The minimum absolute atomic E-state index is 0.106. The molecule has 1 aromatic heterocycles. The molecule has 2 rings (SSSR count). The van der Waals surface area contributed by atoms with E-state index in [2.05, 4.69) is 10.1 Å². The molecule has 0 atom stereocenters. The van der Waals surface area contributed by atoms with Crippen molar-refractivity contribution < 1.29 is 14.0 Å². The van der Waals surface area contributed by atoms with Gasteiger partial charge < -0.3 is 14.5 Å². The molecular formula is C12H14FN3O2. The number of phenolic OH excluding ortho intramolecular Hbond substituents is 1. The number of aromatic hydroxyl groups is 1. The van der Waals surface area contributed by atoms with Gasteiger partial charge in [-0.1, -0.05) is 0 Å². The van der Waals surface area contributed by atoms with Gasteiger partial charge in [0, 0.05) is 19.2 Å². The van der Waals surface area contributed by atoms with Crippen molar-refractivity contribution in [2.45, 2.75) is 13.8 Å². The summed E-state index contributed by atoms with van der Waals surface area (Å²) in [7, 11) is 0. The van der Waals surface area contributed by atoms with Crippen molar-refractivity contribution in [2.75, 3.05) is 18.0 Å². The van der Waals surface area contributed by atoms with Crippen molar-refractivity contribution >= 4 is 5.95 Å². The van der Waals surface area contributed by atoms with Gasteiger partial charge in [0.05, 0.1) is 5.56 Å². The van der Waals surface area contributed by atoms with Gasteiger partial charge in [0.25, 0.3) is 11.8 Å². The normalized spacial score (nSPS) is 10.6. The minimum Gasteiger partial charge on any atom is -0.508 e. The lowest BCUT2D eigenvalue weighted by molar-refractivity contribution is 0.426. The molecule has 0 unspecified atom stereocenters. The van der Waals surface area contributed by atoms with Crippen LogP contribution in [0.1, 0.15) is 13.8 Å². The van der Waals surface area contributed by atoms with Crippen LogP contribution in [-0.2, 0) is 0 Å². The number of hydrogen-bond donors (Lipinski definition) is 1. The molecule has 0 aliphatic rings. The van der Waals surface area contributed by atoms with E-state index < -0.39 is 5.82 Å². The van der Waals surface area contributed by atoms with Crippen LogP contribution in [0.5, 0.6) is 5.75 Å². The fourth-order valence-corrected chi connectivity index (χ4v) is 1.64. The molecule has 0 saturated carbocycles. The van der Waals surface area contributed by atoms with E-state index in [-0.39, 0.29) is 17.2 Å². The number of anilines is 1. The summed E-state index contributed by atoms with van der Waals surface area (Å²) in [6.45, 7) is 5.43. The lowest BCUT2D eigenvalue weighted by Gasteiger charge is -2.14. The number of nitrogens with zero attached hydrogens (tertiary/aromatic N) is 3. The van der Waals surface area contributed by atoms with Crippen molar-refractivity contribution in [3.05, 3.63) is 24.0 Å². The van der Waals surface area contributed by atoms with Crippen LogP contribution in [-0.4, -0.2) is 28.3 Å². The third-order valence-electron chi connectivity index (χ3n) is 2.64. The molecule has 1 aromatic carbocycles. The average molecular weight is 251 g/mol. The first-order chi connectivity index (χ1) is 8.65. The number of phenols is 1. The fourth-order valence-electron chi connectivity index (χ4n) is 1.64. The summed E-state index contributed by atoms with van der Waals surface area (Å²) in [6.07, 6.45) is 0. The maximum atomic E-state index is 13.6. The van der Waals surface area contributed by atoms with Crippen molar-refractivity contribution in [1.29, 1.82) is 0 Å². The van der Waals surface area contributed by atoms with E-state index in [1.54, 1.807) is 0 Å². The second-order valence-electron chi connectivity index (χ2n) is 3.74. The molecule has 2 aromatic rings. The molecule has 0 spiro atoms. The first kappa shape index (κ1) is 12.3. The molecule has 0 aliphatic carbocycles. The van der Waals surface area contributed by atoms with Gasteiger partial charge in [0.1, 0.15) is 11.6 Å². The van der Waals surface area contributed by atoms with Crippen LogP contribution in [0.15, 0.2) is 22.7 Å². The molecule has 1 heterocycles. The summed E-state index contributed by atoms with van der Waals surface area (Å²) in [5.74, 6) is -0.193. The number of rotatable bonds is 4. The maximum Gasteiger partial charge on any atom is 0.266 e. The van der Waals surface area contributed by atoms with E-state index in [4.69, 9.17) is 9.63 Å². The number of aromatic nitrogens is 2. The summed E-state index contributed by atoms with van der Waals surface area (Å²) in [4.78, 5) is 6.03. The van der Waals surface area contributed by atoms with Gasteiger partial charge in [-0.15, -0.1) is 0 Å². The highest BCUT2D eigenvalue weighted by molar-refractivity contribution is 5.56. The quantitative estimate of drug-likeness (QED) is 0.904. The van der Waals surface area contributed by atoms with Crippen LogP contribution in [0.2, 0.25) is 0 Å². The molecule has 6 heteroatoms. The second kappa shape index (κ2) is 5.03. The highest BCUT2D eigenvalue weighted by Gasteiger charge is 2.16. The monoisotopic (exact) mass is 251 g/mol. The summed E-state index contributed by atoms with van der Waals surface area (Å²) in [5, 5.41) is 12.9. The van der Waals surface area contributed by atoms with Gasteiger partial charge in [-0.25, -0.2) is 4.39 Å². The fraction of sp³-hybridized carbons (Fsp3) is 0.333. The Bertz CT molecular complexity index is 538. The zero-order valence-corrected chi connectivity index (χ0v) is 10.2. The molecule has 0 amide bonds. The highest BCUT2D eigenvalue weighted by Crippen LogP contribution is 2.25. The van der Waals surface area contributed by atoms with Crippen molar-refractivity contribution in [1.82, 2.24) is 10.1 Å². The first-order valence-electron chi connectivity index (χ1n) is 5.73. The maximum absolute atomic E-state index is 13.6. The van der Waals surface area contributed by atoms with Crippen molar-refractivity contribution in [2.24, 2.45) is 0 Å². The van der Waals surface area contributed by atoms with E-state index in [9.17, 15) is 4.39 Å². The lowest BCUT2D eigenvalue weighted by atomic mass is 10.2. The second-order valence-corrected chi connectivity index (χ2v) is 3.74. The van der Waals surface area contributed by atoms with Gasteiger partial charge in [0.15, 0.2) is 0 Å². The highest BCUT2D eigenvalue weighted by atomic mass is 19.1. The van der Waals surface area contributed by atoms with Gasteiger partial charge in [-0.3, -0.25) is 0 Å². The molecule has 5 nitrogen and oxygen atoms in total. The van der Waals surface area contributed by atoms with Crippen molar-refractivity contribution in [3.8, 4) is 17.2 Å². The SMILES string of the molecule is CCN(CC)c1noc(-c2ccc(O)cc2F)n1. The first-order valence-corrected chi connectivity index (χ1v) is 5.73. The Kier molecular flexibility index (Phi) is 3.45. The molecule has 0 aliphatic heterocycles. The molecule has 0 saturated heterocycles. The third-order valence-corrected chi connectivity index (χ3v) is 2.64. The average Bonchev–Trinajstić information content (AvgIpc) is 2.80. The number of hydrogen-bond acceptors (Lipinski definition) is 5. The summed E-state index contributed by atoms with van der Waals surface area (Å²) < 4.78 is 18.6. The third kappa shape index (κ3) is 2.27. The number of benzene rings is 1. The summed E-state index contributed by atoms with van der Waals surface area (Å²) >= 11 is 0. The molecule has 0 radical (unpaired) electrons. The largest absolute Gasteiger partial charge is 0.508 e. The summed E-state index contributed by atoms with van der Waals surface area (Å²) in [5.41, 5.74) is 0.179. The molecule has 1 N–H and O–H groups in total. The van der Waals surface area contributed by atoms with E-state index in [0.29, 0.717) is 5.95 Å². The minimum atomic E-state index is -0.593. The van der Waals surface area contributed by atoms with E-state index in [0.717, 1.165) is 19.2 Å². The Morgan fingerprint density at radius 3 is 2.67 bits per heavy atom. The van der Waals surface area contributed by atoms with Crippen LogP contribution >= 0.6 is 0 Å². The Morgan fingerprint density at radius 2 is 2.06 bits per heavy atom. The van der Waals surface area contributed by atoms with Crippen LogP contribution in [0.4, 0.5) is 10.3 Å². The topological polar surface area (TPSA) is 62.4 Å². The van der Waals surface area contributed by atoms with Crippen LogP contribution in [0, 0.1) is 5.82 Å². The van der Waals surface area contributed by atoms with Crippen LogP contribution in [0.3, 0.4) is 0 Å². The Labute approximate surface area is 104 Å². The predicted molar refractivity (Wildman–Crippen MR) is 64.9 cm³/mol. The van der Waals surface area contributed by atoms with Crippen LogP contribution in [0.25, 0.3) is 11.5 Å². The van der Waals surface area contributed by atoms with Crippen LogP contribution < -0.4 is 4.90 Å². The van der Waals surface area contributed by atoms with E-state index >= 15 is 0 Å². The van der Waals surface area contributed by atoms with Gasteiger partial charge >= 0.3 is 0 Å². The Morgan fingerprint density at radius 1 is 1.33 bits per heavy atom. The zero-order chi connectivity index (χ0) is 13.1.